The average molecular weight is 283 g/mol. The largest absolute Gasteiger partial charge is 0.494 e. The summed E-state index contributed by atoms with van der Waals surface area (Å²) in [4.78, 5) is 0. The van der Waals surface area contributed by atoms with Gasteiger partial charge in [-0.1, -0.05) is 12.1 Å². The summed E-state index contributed by atoms with van der Waals surface area (Å²) in [6, 6.07) is 7.22. The van der Waals surface area contributed by atoms with E-state index in [0.29, 0.717) is 24.7 Å². The van der Waals surface area contributed by atoms with Gasteiger partial charge in [-0.25, -0.2) is 0 Å². The fraction of sp³-hybridized carbons (Fsp3) is 0.500. The zero-order chi connectivity index (χ0) is 13.4. The Morgan fingerprint density at radius 2 is 1.72 bits per heavy atom. The molecule has 0 aromatic heterocycles. The Kier molecular flexibility index (Phi) is 6.29. The lowest BCUT2D eigenvalue weighted by molar-refractivity contribution is -0.174. The zero-order valence-electron chi connectivity index (χ0n) is 9.67. The lowest BCUT2D eigenvalue weighted by atomic mass is 10.2. The van der Waals surface area contributed by atoms with Crippen LogP contribution in [0.1, 0.15) is 12.0 Å². The molecule has 0 amide bonds. The van der Waals surface area contributed by atoms with Gasteiger partial charge in [0, 0.05) is 12.3 Å². The SMILES string of the molecule is FC(F)(F)COCCCOc1ccc(CCl)cc1. The van der Waals surface area contributed by atoms with Crippen LogP contribution in [0.2, 0.25) is 0 Å². The van der Waals surface area contributed by atoms with Crippen molar-refractivity contribution < 1.29 is 22.6 Å². The molecule has 0 unspecified atom stereocenters. The van der Waals surface area contributed by atoms with Crippen molar-refractivity contribution in [3.63, 3.8) is 0 Å². The number of hydrogen-bond donors (Lipinski definition) is 0. The van der Waals surface area contributed by atoms with Crippen molar-refractivity contribution in [1.82, 2.24) is 0 Å². The van der Waals surface area contributed by atoms with Crippen molar-refractivity contribution in [2.45, 2.75) is 18.5 Å². The van der Waals surface area contributed by atoms with Gasteiger partial charge in [0.25, 0.3) is 0 Å². The molecule has 18 heavy (non-hydrogen) atoms. The van der Waals surface area contributed by atoms with Crippen molar-refractivity contribution >= 4 is 11.6 Å². The molecule has 102 valence electrons. The lowest BCUT2D eigenvalue weighted by Crippen LogP contribution is -2.18. The quantitative estimate of drug-likeness (QED) is 0.560. The molecule has 0 aliphatic heterocycles. The van der Waals surface area contributed by atoms with Crippen LogP contribution < -0.4 is 4.74 Å². The third-order valence-electron chi connectivity index (χ3n) is 2.05. The zero-order valence-corrected chi connectivity index (χ0v) is 10.4. The van der Waals surface area contributed by atoms with Crippen LogP contribution in [0.4, 0.5) is 13.2 Å². The summed E-state index contributed by atoms with van der Waals surface area (Å²) < 4.78 is 45.0. The average Bonchev–Trinajstić information content (AvgIpc) is 2.33. The van der Waals surface area contributed by atoms with E-state index in [1.54, 1.807) is 12.1 Å². The van der Waals surface area contributed by atoms with Gasteiger partial charge in [-0.2, -0.15) is 13.2 Å². The number of alkyl halides is 4. The first kappa shape index (κ1) is 15.1. The molecule has 0 aliphatic carbocycles. The maximum atomic E-state index is 11.7. The third kappa shape index (κ3) is 6.71. The predicted octanol–water partition coefficient (Wildman–Crippen LogP) is 3.77. The second kappa shape index (κ2) is 7.48. The molecule has 1 rings (SSSR count). The smallest absolute Gasteiger partial charge is 0.411 e. The Hall–Kier alpha value is -0.940. The second-order valence-corrected chi connectivity index (χ2v) is 3.91. The molecule has 0 radical (unpaired) electrons. The summed E-state index contributed by atoms with van der Waals surface area (Å²) in [5.41, 5.74) is 0.984. The fourth-order valence-corrected chi connectivity index (χ4v) is 1.39. The van der Waals surface area contributed by atoms with E-state index in [1.165, 1.54) is 0 Å². The van der Waals surface area contributed by atoms with E-state index < -0.39 is 12.8 Å². The van der Waals surface area contributed by atoms with Crippen LogP contribution in [0.3, 0.4) is 0 Å². The molecule has 6 heteroatoms. The normalized spacial score (nSPS) is 11.6. The molecule has 0 bridgehead atoms. The van der Waals surface area contributed by atoms with E-state index >= 15 is 0 Å². The van der Waals surface area contributed by atoms with Crippen LogP contribution in [0.5, 0.6) is 5.75 Å². The standard InChI is InChI=1S/C12H14ClF3O2/c13-8-10-2-4-11(5-3-10)18-7-1-6-17-9-12(14,15)16/h2-5H,1,6-9H2. The summed E-state index contributed by atoms with van der Waals surface area (Å²) in [6.07, 6.45) is -3.86. The Morgan fingerprint density at radius 3 is 2.28 bits per heavy atom. The van der Waals surface area contributed by atoms with E-state index in [-0.39, 0.29) is 6.61 Å². The van der Waals surface area contributed by atoms with Crippen LogP contribution in [-0.2, 0) is 10.6 Å². The minimum atomic E-state index is -4.27. The first-order valence-corrected chi connectivity index (χ1v) is 5.97. The highest BCUT2D eigenvalue weighted by Gasteiger charge is 2.27. The first-order chi connectivity index (χ1) is 8.51. The number of benzene rings is 1. The van der Waals surface area contributed by atoms with Gasteiger partial charge in [0.2, 0.25) is 0 Å². The minimum Gasteiger partial charge on any atom is -0.494 e. The maximum absolute atomic E-state index is 11.7. The molecule has 0 N–H and O–H groups in total. The van der Waals surface area contributed by atoms with E-state index in [0.717, 1.165) is 5.56 Å². The van der Waals surface area contributed by atoms with E-state index in [9.17, 15) is 13.2 Å². The molecular formula is C12H14ClF3O2. The highest BCUT2D eigenvalue weighted by atomic mass is 35.5. The predicted molar refractivity (Wildman–Crippen MR) is 63.0 cm³/mol. The van der Waals surface area contributed by atoms with Crippen molar-refractivity contribution in [3.05, 3.63) is 29.8 Å². The van der Waals surface area contributed by atoms with E-state index in [4.69, 9.17) is 16.3 Å². The molecule has 0 fully saturated rings. The maximum Gasteiger partial charge on any atom is 0.411 e. The number of ether oxygens (including phenoxy) is 2. The molecular weight excluding hydrogens is 269 g/mol. The Bertz CT molecular complexity index is 338. The van der Waals surface area contributed by atoms with Crippen LogP contribution >= 0.6 is 11.6 Å². The molecule has 0 atom stereocenters. The second-order valence-electron chi connectivity index (χ2n) is 3.65. The van der Waals surface area contributed by atoms with Crippen LogP contribution in [0.15, 0.2) is 24.3 Å². The van der Waals surface area contributed by atoms with Crippen molar-refractivity contribution in [1.29, 1.82) is 0 Å². The molecule has 1 aromatic rings. The summed E-state index contributed by atoms with van der Waals surface area (Å²) in [5.74, 6) is 1.10. The monoisotopic (exact) mass is 282 g/mol. The lowest BCUT2D eigenvalue weighted by Gasteiger charge is -2.08. The summed E-state index contributed by atoms with van der Waals surface area (Å²) in [7, 11) is 0. The van der Waals surface area contributed by atoms with Gasteiger partial charge in [-0.05, 0) is 17.7 Å². The van der Waals surface area contributed by atoms with Crippen molar-refractivity contribution in [2.24, 2.45) is 0 Å². The Balaban J connectivity index is 2.10. The third-order valence-corrected chi connectivity index (χ3v) is 2.35. The molecule has 0 heterocycles. The molecule has 0 spiro atoms. The van der Waals surface area contributed by atoms with Crippen molar-refractivity contribution in [2.75, 3.05) is 19.8 Å². The first-order valence-electron chi connectivity index (χ1n) is 5.43. The number of rotatable bonds is 7. The fourth-order valence-electron chi connectivity index (χ4n) is 1.21. The van der Waals surface area contributed by atoms with Crippen LogP contribution in [0, 0.1) is 0 Å². The summed E-state index contributed by atoms with van der Waals surface area (Å²) in [6.45, 7) is -0.866. The molecule has 0 aliphatic rings. The van der Waals surface area contributed by atoms with Gasteiger partial charge in [0.05, 0.1) is 13.2 Å². The van der Waals surface area contributed by atoms with E-state index in [1.807, 2.05) is 12.1 Å². The van der Waals surface area contributed by atoms with Gasteiger partial charge < -0.3 is 9.47 Å². The Labute approximate surface area is 109 Å². The minimum absolute atomic E-state index is 0.0271. The van der Waals surface area contributed by atoms with Crippen molar-refractivity contribution in [3.8, 4) is 5.75 Å². The van der Waals surface area contributed by atoms with Crippen LogP contribution in [0.25, 0.3) is 0 Å². The Morgan fingerprint density at radius 1 is 1.06 bits per heavy atom. The van der Waals surface area contributed by atoms with Gasteiger partial charge in [-0.3, -0.25) is 0 Å². The molecule has 0 saturated heterocycles. The van der Waals surface area contributed by atoms with Gasteiger partial charge >= 0.3 is 6.18 Å². The number of halogens is 4. The van der Waals surface area contributed by atoms with E-state index in [2.05, 4.69) is 4.74 Å². The summed E-state index contributed by atoms with van der Waals surface area (Å²) in [5, 5.41) is 0. The van der Waals surface area contributed by atoms with Gasteiger partial charge in [0.1, 0.15) is 12.4 Å². The van der Waals surface area contributed by atoms with Crippen LogP contribution in [-0.4, -0.2) is 26.0 Å². The summed E-state index contributed by atoms with van der Waals surface area (Å²) >= 11 is 5.63. The number of hydrogen-bond acceptors (Lipinski definition) is 2. The molecule has 1 aromatic carbocycles. The molecule has 2 nitrogen and oxygen atoms in total. The van der Waals surface area contributed by atoms with Gasteiger partial charge in [0.15, 0.2) is 0 Å². The highest BCUT2D eigenvalue weighted by molar-refractivity contribution is 6.17. The highest BCUT2D eigenvalue weighted by Crippen LogP contribution is 2.15. The topological polar surface area (TPSA) is 18.5 Å². The molecule has 0 saturated carbocycles. The van der Waals surface area contributed by atoms with Gasteiger partial charge in [-0.15, -0.1) is 11.6 Å².